The minimum atomic E-state index is -0.434. The van der Waals surface area contributed by atoms with E-state index in [2.05, 4.69) is 45.0 Å². The topological polar surface area (TPSA) is 40.5 Å². The van der Waals surface area contributed by atoms with E-state index in [1.165, 1.54) is 5.56 Å². The highest BCUT2D eigenvalue weighted by atomic mass is 16.3. The van der Waals surface area contributed by atoms with Gasteiger partial charge in [0.15, 0.2) is 0 Å². The molecule has 2 atom stereocenters. The van der Waals surface area contributed by atoms with E-state index in [1.807, 2.05) is 0 Å². The molecule has 100 valence electrons. The molecule has 2 N–H and O–H groups in total. The third kappa shape index (κ3) is 2.19. The number of hydrogen-bond acceptors (Lipinski definition) is 2. The van der Waals surface area contributed by atoms with E-state index in [0.29, 0.717) is 0 Å². The van der Waals surface area contributed by atoms with Crippen LogP contribution in [0, 0.1) is 0 Å². The van der Waals surface area contributed by atoms with Gasteiger partial charge in [-0.05, 0) is 35.8 Å². The highest BCUT2D eigenvalue weighted by molar-refractivity contribution is 5.34. The smallest absolute Gasteiger partial charge is 0.0658 e. The third-order valence-electron chi connectivity index (χ3n) is 4.35. The van der Waals surface area contributed by atoms with E-state index in [1.54, 1.807) is 0 Å². The largest absolute Gasteiger partial charge is 0.395 e. The molecule has 0 saturated heterocycles. The average Bonchev–Trinajstić information content (AvgIpc) is 2.71. The maximum Gasteiger partial charge on any atom is 0.0658 e. The lowest BCUT2D eigenvalue weighted by molar-refractivity contribution is 0.0614. The predicted molar refractivity (Wildman–Crippen MR) is 73.8 cm³/mol. The Hall–Kier alpha value is -0.860. The van der Waals surface area contributed by atoms with Crippen LogP contribution in [0.1, 0.15) is 51.2 Å². The number of aliphatic hydroxyl groups is 2. The van der Waals surface area contributed by atoms with Crippen LogP contribution in [0.5, 0.6) is 0 Å². The fraction of sp³-hybridized carbons (Fsp3) is 0.625. The van der Waals surface area contributed by atoms with Gasteiger partial charge in [-0.15, -0.1) is 0 Å². The molecule has 0 aromatic heterocycles. The van der Waals surface area contributed by atoms with Crippen molar-refractivity contribution in [2.24, 2.45) is 0 Å². The molecule has 0 aliphatic heterocycles. The summed E-state index contributed by atoms with van der Waals surface area (Å²) in [5.74, 6) is 0. The molecule has 0 bridgehead atoms. The summed E-state index contributed by atoms with van der Waals surface area (Å²) in [5, 5.41) is 19.9. The molecule has 0 unspecified atom stereocenters. The normalized spacial score (nSPS) is 28.6. The summed E-state index contributed by atoms with van der Waals surface area (Å²) in [6, 6.07) is 8.40. The maximum atomic E-state index is 10.2. The molecule has 2 rings (SSSR count). The second kappa shape index (κ2) is 4.67. The van der Waals surface area contributed by atoms with Crippen LogP contribution in [0.2, 0.25) is 0 Å². The lowest BCUT2D eigenvalue weighted by atomic mass is 9.76. The van der Waals surface area contributed by atoms with Gasteiger partial charge in [-0.25, -0.2) is 0 Å². The van der Waals surface area contributed by atoms with E-state index >= 15 is 0 Å². The van der Waals surface area contributed by atoms with Crippen molar-refractivity contribution >= 4 is 0 Å². The molecule has 1 saturated carbocycles. The van der Waals surface area contributed by atoms with Crippen molar-refractivity contribution in [1.82, 2.24) is 0 Å². The number of benzene rings is 1. The Morgan fingerprint density at radius 1 is 1.22 bits per heavy atom. The molecule has 1 aliphatic carbocycles. The van der Waals surface area contributed by atoms with Crippen molar-refractivity contribution in [2.45, 2.75) is 57.0 Å². The Labute approximate surface area is 110 Å². The van der Waals surface area contributed by atoms with Gasteiger partial charge in [-0.1, -0.05) is 45.0 Å². The first-order valence-corrected chi connectivity index (χ1v) is 6.80. The van der Waals surface area contributed by atoms with Gasteiger partial charge in [0.05, 0.1) is 12.7 Å². The van der Waals surface area contributed by atoms with Gasteiger partial charge >= 0.3 is 0 Å². The summed E-state index contributed by atoms with van der Waals surface area (Å²) in [6.45, 7) is 6.60. The fourth-order valence-corrected chi connectivity index (χ4v) is 2.97. The molecule has 1 fully saturated rings. The first-order chi connectivity index (χ1) is 8.40. The summed E-state index contributed by atoms with van der Waals surface area (Å²) < 4.78 is 0. The zero-order valence-corrected chi connectivity index (χ0v) is 11.6. The van der Waals surface area contributed by atoms with E-state index in [-0.39, 0.29) is 12.0 Å². The minimum Gasteiger partial charge on any atom is -0.395 e. The standard InChI is InChI=1S/C16H24O2/c1-15(2,3)12-6-8-13(9-7-12)16(11-17)10-4-5-14(16)18/h6-9,14,17-18H,4-5,10-11H2,1-3H3/t14-,16-/m1/s1. The molecule has 0 amide bonds. The van der Waals surface area contributed by atoms with Gasteiger partial charge in [0, 0.05) is 5.41 Å². The third-order valence-corrected chi connectivity index (χ3v) is 4.35. The molecule has 2 heteroatoms. The van der Waals surface area contributed by atoms with Crippen LogP contribution < -0.4 is 0 Å². The Kier molecular flexibility index (Phi) is 3.52. The second-order valence-electron chi connectivity index (χ2n) is 6.55. The van der Waals surface area contributed by atoms with Crippen LogP contribution in [0.4, 0.5) is 0 Å². The quantitative estimate of drug-likeness (QED) is 0.845. The van der Waals surface area contributed by atoms with E-state index < -0.39 is 11.5 Å². The summed E-state index contributed by atoms with van der Waals surface area (Å²) >= 11 is 0. The molecule has 18 heavy (non-hydrogen) atoms. The first-order valence-electron chi connectivity index (χ1n) is 6.80. The van der Waals surface area contributed by atoms with Crippen LogP contribution in [0.3, 0.4) is 0 Å². The number of hydrogen-bond donors (Lipinski definition) is 2. The van der Waals surface area contributed by atoms with E-state index in [9.17, 15) is 10.2 Å². The van der Waals surface area contributed by atoms with Crippen molar-refractivity contribution < 1.29 is 10.2 Å². The molecule has 0 radical (unpaired) electrons. The van der Waals surface area contributed by atoms with Crippen LogP contribution in [-0.4, -0.2) is 22.9 Å². The Morgan fingerprint density at radius 2 is 1.83 bits per heavy atom. The van der Waals surface area contributed by atoms with Gasteiger partial charge in [-0.2, -0.15) is 0 Å². The van der Waals surface area contributed by atoms with Crippen LogP contribution in [0.25, 0.3) is 0 Å². The summed E-state index contributed by atoms with van der Waals surface area (Å²) in [4.78, 5) is 0. The summed E-state index contributed by atoms with van der Waals surface area (Å²) in [5.41, 5.74) is 2.06. The molecule has 2 nitrogen and oxygen atoms in total. The van der Waals surface area contributed by atoms with Crippen molar-refractivity contribution in [3.05, 3.63) is 35.4 Å². The molecule has 1 aromatic carbocycles. The van der Waals surface area contributed by atoms with Crippen molar-refractivity contribution in [1.29, 1.82) is 0 Å². The number of rotatable bonds is 2. The highest BCUT2D eigenvalue weighted by Gasteiger charge is 2.42. The van der Waals surface area contributed by atoms with Crippen LogP contribution >= 0.6 is 0 Å². The monoisotopic (exact) mass is 248 g/mol. The van der Waals surface area contributed by atoms with Crippen LogP contribution in [-0.2, 0) is 10.8 Å². The van der Waals surface area contributed by atoms with Crippen molar-refractivity contribution in [3.63, 3.8) is 0 Å². The molecule has 1 aliphatic rings. The first kappa shape index (κ1) is 13.6. The van der Waals surface area contributed by atoms with Gasteiger partial charge in [0.1, 0.15) is 0 Å². The van der Waals surface area contributed by atoms with E-state index in [4.69, 9.17) is 0 Å². The predicted octanol–water partition coefficient (Wildman–Crippen LogP) is 2.76. The zero-order valence-electron chi connectivity index (χ0n) is 11.6. The van der Waals surface area contributed by atoms with Gasteiger partial charge < -0.3 is 10.2 Å². The number of aliphatic hydroxyl groups excluding tert-OH is 2. The van der Waals surface area contributed by atoms with Gasteiger partial charge in [0.25, 0.3) is 0 Å². The second-order valence-corrected chi connectivity index (χ2v) is 6.55. The molecule has 0 spiro atoms. The molecule has 1 aromatic rings. The van der Waals surface area contributed by atoms with Crippen molar-refractivity contribution in [3.8, 4) is 0 Å². The minimum absolute atomic E-state index is 0.0308. The summed E-state index contributed by atoms with van der Waals surface area (Å²) in [6.07, 6.45) is 2.24. The molecule has 0 heterocycles. The average molecular weight is 248 g/mol. The van der Waals surface area contributed by atoms with Crippen molar-refractivity contribution in [2.75, 3.05) is 6.61 Å². The Bertz CT molecular complexity index is 402. The summed E-state index contributed by atoms with van der Waals surface area (Å²) in [7, 11) is 0. The Balaban J connectivity index is 2.34. The highest BCUT2D eigenvalue weighted by Crippen LogP contribution is 2.41. The zero-order chi connectivity index (χ0) is 13.4. The van der Waals surface area contributed by atoms with E-state index in [0.717, 1.165) is 24.8 Å². The molecular formula is C16H24O2. The Morgan fingerprint density at radius 3 is 2.22 bits per heavy atom. The fourth-order valence-electron chi connectivity index (χ4n) is 2.97. The lowest BCUT2D eigenvalue weighted by Gasteiger charge is -2.32. The SMILES string of the molecule is CC(C)(C)c1ccc([C@]2(CO)CCC[C@H]2O)cc1. The molecular weight excluding hydrogens is 224 g/mol. The van der Waals surface area contributed by atoms with Crippen LogP contribution in [0.15, 0.2) is 24.3 Å². The van der Waals surface area contributed by atoms with Gasteiger partial charge in [-0.3, -0.25) is 0 Å². The lowest BCUT2D eigenvalue weighted by Crippen LogP contribution is -2.38. The maximum absolute atomic E-state index is 10.2. The van der Waals surface area contributed by atoms with Gasteiger partial charge in [0.2, 0.25) is 0 Å².